The van der Waals surface area contributed by atoms with Crippen molar-refractivity contribution in [2.24, 2.45) is 51.1 Å². The van der Waals surface area contributed by atoms with Gasteiger partial charge in [0.2, 0.25) is 0 Å². The second-order valence-electron chi connectivity index (χ2n) is 10.7. The molecule has 4 saturated carbocycles. The first-order valence-corrected chi connectivity index (χ1v) is 11.7. The van der Waals surface area contributed by atoms with Gasteiger partial charge in [-0.1, -0.05) is 26.7 Å². The molecule has 7 unspecified atom stereocenters. The maximum absolute atomic E-state index is 5.67. The Balaban J connectivity index is 1.53. The first kappa shape index (κ1) is 19.0. The summed E-state index contributed by atoms with van der Waals surface area (Å²) in [6, 6.07) is 0. The Kier molecular flexibility index (Phi) is 5.27. The zero-order valence-corrected chi connectivity index (χ0v) is 17.6. The highest BCUT2D eigenvalue weighted by Crippen LogP contribution is 2.67. The second kappa shape index (κ2) is 7.22. The van der Waals surface area contributed by atoms with E-state index in [1.165, 1.54) is 69.9 Å². The molecule has 2 nitrogen and oxygen atoms in total. The Bertz CT molecular complexity index is 540. The van der Waals surface area contributed by atoms with Crippen molar-refractivity contribution in [3.63, 3.8) is 0 Å². The molecule has 0 aromatic heterocycles. The van der Waals surface area contributed by atoms with Crippen molar-refractivity contribution in [3.8, 4) is 0 Å². The average Bonchev–Trinajstić information content (AvgIpc) is 2.98. The fourth-order valence-corrected chi connectivity index (χ4v) is 8.44. The van der Waals surface area contributed by atoms with Crippen LogP contribution in [0.5, 0.6) is 0 Å². The standard InChI is InChI=1S/C24H42N2/c1-17(26-16-6-15-25)20-10-11-21-19-9-8-18-7-4-5-13-23(18,2)22(19)12-14-24(20,21)3/h18-22H,4-16,25H2,1-3H3. The molecule has 148 valence electrons. The van der Waals surface area contributed by atoms with E-state index in [9.17, 15) is 0 Å². The summed E-state index contributed by atoms with van der Waals surface area (Å²) < 4.78 is 0. The number of nitrogens with zero attached hydrogens (tertiary/aromatic N) is 1. The minimum absolute atomic E-state index is 0.523. The lowest BCUT2D eigenvalue weighted by molar-refractivity contribution is -0.106. The van der Waals surface area contributed by atoms with Crippen LogP contribution in [0.3, 0.4) is 0 Å². The molecule has 7 atom stereocenters. The van der Waals surface area contributed by atoms with E-state index < -0.39 is 0 Å². The van der Waals surface area contributed by atoms with E-state index in [1.54, 1.807) is 0 Å². The summed E-state index contributed by atoms with van der Waals surface area (Å²) in [7, 11) is 0. The molecule has 0 amide bonds. The molecule has 4 rings (SSSR count). The van der Waals surface area contributed by atoms with Gasteiger partial charge in [-0.3, -0.25) is 4.99 Å². The van der Waals surface area contributed by atoms with Crippen molar-refractivity contribution in [3.05, 3.63) is 0 Å². The van der Waals surface area contributed by atoms with Crippen molar-refractivity contribution >= 4 is 5.71 Å². The van der Waals surface area contributed by atoms with Crippen LogP contribution in [0.25, 0.3) is 0 Å². The van der Waals surface area contributed by atoms with Gasteiger partial charge in [-0.2, -0.15) is 0 Å². The molecule has 0 aliphatic heterocycles. The highest BCUT2D eigenvalue weighted by atomic mass is 14.8. The van der Waals surface area contributed by atoms with Gasteiger partial charge >= 0.3 is 0 Å². The van der Waals surface area contributed by atoms with Crippen LogP contribution in [-0.4, -0.2) is 18.8 Å². The first-order chi connectivity index (χ1) is 12.5. The van der Waals surface area contributed by atoms with Crippen molar-refractivity contribution < 1.29 is 0 Å². The highest BCUT2D eigenvalue weighted by molar-refractivity contribution is 5.85. The lowest BCUT2D eigenvalue weighted by Crippen LogP contribution is -2.53. The first-order valence-electron chi connectivity index (χ1n) is 11.7. The zero-order valence-electron chi connectivity index (χ0n) is 17.6. The lowest BCUT2D eigenvalue weighted by Gasteiger charge is -2.60. The fraction of sp³-hybridized carbons (Fsp3) is 0.958. The summed E-state index contributed by atoms with van der Waals surface area (Å²) in [6.07, 6.45) is 15.9. The van der Waals surface area contributed by atoms with Crippen molar-refractivity contribution in [1.29, 1.82) is 0 Å². The van der Waals surface area contributed by atoms with Gasteiger partial charge in [0, 0.05) is 18.2 Å². The number of nitrogens with two attached hydrogens (primary N) is 1. The minimum Gasteiger partial charge on any atom is -0.330 e. The van der Waals surface area contributed by atoms with E-state index in [4.69, 9.17) is 10.7 Å². The van der Waals surface area contributed by atoms with E-state index in [0.29, 0.717) is 10.8 Å². The predicted octanol–water partition coefficient (Wildman–Crippen LogP) is 5.85. The smallest absolute Gasteiger partial charge is 0.0400 e. The van der Waals surface area contributed by atoms with Crippen molar-refractivity contribution in [2.45, 2.75) is 91.4 Å². The van der Waals surface area contributed by atoms with E-state index in [0.717, 1.165) is 49.1 Å². The van der Waals surface area contributed by atoms with E-state index in [-0.39, 0.29) is 0 Å². The zero-order chi connectivity index (χ0) is 18.4. The third-order valence-electron chi connectivity index (χ3n) is 9.81. The molecule has 0 radical (unpaired) electrons. The second-order valence-corrected chi connectivity index (χ2v) is 10.7. The van der Waals surface area contributed by atoms with Crippen LogP contribution in [0.1, 0.15) is 91.4 Å². The summed E-state index contributed by atoms with van der Waals surface area (Å²) in [5.74, 6) is 4.77. The molecule has 0 heterocycles. The van der Waals surface area contributed by atoms with Gasteiger partial charge in [-0.15, -0.1) is 0 Å². The van der Waals surface area contributed by atoms with Crippen LogP contribution in [0.4, 0.5) is 0 Å². The minimum atomic E-state index is 0.523. The topological polar surface area (TPSA) is 38.4 Å². The van der Waals surface area contributed by atoms with Crippen LogP contribution in [-0.2, 0) is 0 Å². The van der Waals surface area contributed by atoms with E-state index in [1.807, 2.05) is 0 Å². The molecule has 0 saturated heterocycles. The SMILES string of the molecule is CC(=NCCCN)C1CCC2C3CCC4CCCCC4(C)C3CCC12C. The van der Waals surface area contributed by atoms with Crippen LogP contribution in [0.15, 0.2) is 4.99 Å². The Morgan fingerprint density at radius 2 is 1.73 bits per heavy atom. The number of fused-ring (bicyclic) bond motifs is 5. The van der Waals surface area contributed by atoms with E-state index in [2.05, 4.69) is 20.8 Å². The molecule has 26 heavy (non-hydrogen) atoms. The largest absolute Gasteiger partial charge is 0.330 e. The molecular formula is C24H42N2. The Morgan fingerprint density at radius 3 is 2.54 bits per heavy atom. The summed E-state index contributed by atoms with van der Waals surface area (Å²) in [5, 5.41) is 0. The fourth-order valence-electron chi connectivity index (χ4n) is 8.44. The molecule has 0 aromatic carbocycles. The maximum atomic E-state index is 5.67. The van der Waals surface area contributed by atoms with Crippen molar-refractivity contribution in [1.82, 2.24) is 0 Å². The van der Waals surface area contributed by atoms with Gasteiger partial charge in [0.15, 0.2) is 0 Å². The molecule has 2 heteroatoms. The molecule has 0 spiro atoms. The van der Waals surface area contributed by atoms with Crippen molar-refractivity contribution in [2.75, 3.05) is 13.1 Å². The molecule has 4 aliphatic carbocycles. The number of hydrogen-bond donors (Lipinski definition) is 1. The van der Waals surface area contributed by atoms with Crippen LogP contribution in [0.2, 0.25) is 0 Å². The normalized spacial score (nSPS) is 48.6. The number of rotatable bonds is 4. The molecule has 2 N–H and O–H groups in total. The average molecular weight is 359 g/mol. The van der Waals surface area contributed by atoms with Crippen LogP contribution < -0.4 is 5.73 Å². The monoisotopic (exact) mass is 358 g/mol. The van der Waals surface area contributed by atoms with Crippen LogP contribution >= 0.6 is 0 Å². The summed E-state index contributed by atoms with van der Waals surface area (Å²) in [6.45, 7) is 9.36. The third-order valence-corrected chi connectivity index (χ3v) is 9.81. The highest BCUT2D eigenvalue weighted by Gasteiger charge is 2.59. The third kappa shape index (κ3) is 2.90. The molecule has 0 bridgehead atoms. The summed E-state index contributed by atoms with van der Waals surface area (Å²) in [4.78, 5) is 4.95. The Labute approximate surface area is 161 Å². The maximum Gasteiger partial charge on any atom is 0.0400 e. The predicted molar refractivity (Wildman–Crippen MR) is 111 cm³/mol. The molecule has 4 aliphatic rings. The van der Waals surface area contributed by atoms with Gasteiger partial charge in [-0.25, -0.2) is 0 Å². The van der Waals surface area contributed by atoms with Gasteiger partial charge in [0.25, 0.3) is 0 Å². The Hall–Kier alpha value is -0.370. The van der Waals surface area contributed by atoms with Gasteiger partial charge in [0.05, 0.1) is 0 Å². The van der Waals surface area contributed by atoms with Gasteiger partial charge in [0.1, 0.15) is 0 Å². The number of aliphatic imine (C=N–C) groups is 1. The quantitative estimate of drug-likeness (QED) is 0.497. The Morgan fingerprint density at radius 1 is 0.923 bits per heavy atom. The lowest BCUT2D eigenvalue weighted by atomic mass is 9.45. The van der Waals surface area contributed by atoms with E-state index >= 15 is 0 Å². The summed E-state index contributed by atoms with van der Waals surface area (Å²) in [5.41, 5.74) is 8.31. The molecule has 4 fully saturated rings. The molecular weight excluding hydrogens is 316 g/mol. The number of hydrogen-bond acceptors (Lipinski definition) is 2. The van der Waals surface area contributed by atoms with Gasteiger partial charge in [-0.05, 0) is 106 Å². The van der Waals surface area contributed by atoms with Crippen LogP contribution in [0, 0.1) is 40.4 Å². The van der Waals surface area contributed by atoms with Gasteiger partial charge < -0.3 is 5.73 Å². The summed E-state index contributed by atoms with van der Waals surface area (Å²) >= 11 is 0. The molecule has 0 aromatic rings.